The molecule has 0 fully saturated rings. The molecule has 0 aromatic carbocycles. The van der Waals surface area contributed by atoms with Crippen LogP contribution < -0.4 is 10.6 Å². The fourth-order valence-corrected chi connectivity index (χ4v) is 2.49. The first-order valence-electron chi connectivity index (χ1n) is 6.42. The van der Waals surface area contributed by atoms with Gasteiger partial charge in [0, 0.05) is 43.2 Å². The maximum absolute atomic E-state index is 5.69. The normalized spacial score (nSPS) is 14.3. The lowest BCUT2D eigenvalue weighted by Crippen LogP contribution is -2.32. The van der Waals surface area contributed by atoms with Gasteiger partial charge in [0.15, 0.2) is 0 Å². The van der Waals surface area contributed by atoms with Gasteiger partial charge in [-0.05, 0) is 25.0 Å². The van der Waals surface area contributed by atoms with Crippen molar-refractivity contribution in [2.75, 3.05) is 17.2 Å². The van der Waals surface area contributed by atoms with Crippen LogP contribution in [0.15, 0.2) is 18.5 Å². The molecule has 0 radical (unpaired) electrons. The first-order chi connectivity index (χ1) is 9.13. The van der Waals surface area contributed by atoms with Crippen molar-refractivity contribution in [2.45, 2.75) is 26.8 Å². The SMILES string of the molecule is Cc1cnc2c(c1)CN(c1nc(N)ncc1C)CC2. The van der Waals surface area contributed by atoms with Gasteiger partial charge >= 0.3 is 0 Å². The van der Waals surface area contributed by atoms with Crippen LogP contribution in [0.1, 0.15) is 22.4 Å². The Hall–Kier alpha value is -2.17. The summed E-state index contributed by atoms with van der Waals surface area (Å²) in [6.45, 7) is 5.83. The van der Waals surface area contributed by atoms with Crippen LogP contribution in [-0.4, -0.2) is 21.5 Å². The van der Waals surface area contributed by atoms with Gasteiger partial charge in [-0.25, -0.2) is 4.98 Å². The summed E-state index contributed by atoms with van der Waals surface area (Å²) >= 11 is 0. The van der Waals surface area contributed by atoms with Crippen molar-refractivity contribution in [2.24, 2.45) is 0 Å². The Labute approximate surface area is 112 Å². The van der Waals surface area contributed by atoms with E-state index in [0.29, 0.717) is 5.95 Å². The van der Waals surface area contributed by atoms with E-state index < -0.39 is 0 Å². The molecule has 19 heavy (non-hydrogen) atoms. The topological polar surface area (TPSA) is 67.9 Å². The first kappa shape index (κ1) is 11.9. The number of hydrogen-bond acceptors (Lipinski definition) is 5. The van der Waals surface area contributed by atoms with Gasteiger partial charge in [0.2, 0.25) is 5.95 Å². The summed E-state index contributed by atoms with van der Waals surface area (Å²) < 4.78 is 0. The fraction of sp³-hybridized carbons (Fsp3) is 0.357. The zero-order valence-electron chi connectivity index (χ0n) is 11.2. The van der Waals surface area contributed by atoms with Crippen LogP contribution in [0.3, 0.4) is 0 Å². The number of hydrogen-bond donors (Lipinski definition) is 1. The molecule has 3 heterocycles. The van der Waals surface area contributed by atoms with Crippen LogP contribution in [-0.2, 0) is 13.0 Å². The number of aryl methyl sites for hydroxylation is 2. The Bertz CT molecular complexity index is 623. The third kappa shape index (κ3) is 2.23. The standard InChI is InChI=1S/C14H17N5/c1-9-5-11-8-19(4-3-12(11)16-6-9)13-10(2)7-17-14(15)18-13/h5-7H,3-4,8H2,1-2H3,(H2,15,17,18). The number of nitrogen functional groups attached to an aromatic ring is 1. The summed E-state index contributed by atoms with van der Waals surface area (Å²) in [4.78, 5) is 15.1. The molecule has 2 N–H and O–H groups in total. The molecular formula is C14H17N5. The average Bonchev–Trinajstić information content (AvgIpc) is 2.40. The Morgan fingerprint density at radius 2 is 2.05 bits per heavy atom. The predicted octanol–water partition coefficient (Wildman–Crippen LogP) is 1.63. The minimum Gasteiger partial charge on any atom is -0.368 e. The minimum absolute atomic E-state index is 0.328. The molecule has 98 valence electrons. The number of nitrogens with zero attached hydrogens (tertiary/aromatic N) is 4. The molecule has 0 amide bonds. The molecule has 0 saturated heterocycles. The highest BCUT2D eigenvalue weighted by Crippen LogP contribution is 2.25. The maximum atomic E-state index is 5.69. The highest BCUT2D eigenvalue weighted by molar-refractivity contribution is 5.50. The lowest BCUT2D eigenvalue weighted by Gasteiger charge is -2.30. The van der Waals surface area contributed by atoms with Crippen molar-refractivity contribution in [3.05, 3.63) is 40.8 Å². The number of fused-ring (bicyclic) bond motifs is 1. The first-order valence-corrected chi connectivity index (χ1v) is 6.42. The van der Waals surface area contributed by atoms with Crippen molar-refractivity contribution >= 4 is 11.8 Å². The molecule has 5 heteroatoms. The molecule has 5 nitrogen and oxygen atoms in total. The van der Waals surface area contributed by atoms with Crippen LogP contribution in [0, 0.1) is 13.8 Å². The summed E-state index contributed by atoms with van der Waals surface area (Å²) in [6, 6.07) is 2.20. The number of rotatable bonds is 1. The van der Waals surface area contributed by atoms with Gasteiger partial charge in [0.25, 0.3) is 0 Å². The van der Waals surface area contributed by atoms with E-state index in [4.69, 9.17) is 5.73 Å². The molecule has 0 atom stereocenters. The molecule has 0 aliphatic carbocycles. The fourth-order valence-electron chi connectivity index (χ4n) is 2.49. The van der Waals surface area contributed by atoms with Gasteiger partial charge in [0.05, 0.1) is 0 Å². The minimum atomic E-state index is 0.328. The van der Waals surface area contributed by atoms with Gasteiger partial charge in [-0.3, -0.25) is 4.98 Å². The van der Waals surface area contributed by atoms with Crippen molar-refractivity contribution in [3.8, 4) is 0 Å². The van der Waals surface area contributed by atoms with E-state index in [-0.39, 0.29) is 0 Å². The lowest BCUT2D eigenvalue weighted by molar-refractivity contribution is 0.698. The molecule has 1 aliphatic rings. The quantitative estimate of drug-likeness (QED) is 0.839. The molecular weight excluding hydrogens is 238 g/mol. The zero-order valence-corrected chi connectivity index (χ0v) is 11.2. The average molecular weight is 255 g/mol. The van der Waals surface area contributed by atoms with Gasteiger partial charge in [-0.2, -0.15) is 4.98 Å². The summed E-state index contributed by atoms with van der Waals surface area (Å²) in [7, 11) is 0. The highest BCUT2D eigenvalue weighted by atomic mass is 15.2. The predicted molar refractivity (Wildman–Crippen MR) is 74.9 cm³/mol. The molecule has 0 unspecified atom stereocenters. The zero-order chi connectivity index (χ0) is 13.4. The van der Waals surface area contributed by atoms with Crippen molar-refractivity contribution in [1.82, 2.24) is 15.0 Å². The highest BCUT2D eigenvalue weighted by Gasteiger charge is 2.20. The van der Waals surface area contributed by atoms with Gasteiger partial charge in [-0.1, -0.05) is 6.07 Å². The van der Waals surface area contributed by atoms with Crippen LogP contribution in [0.25, 0.3) is 0 Å². The van der Waals surface area contributed by atoms with Crippen molar-refractivity contribution in [1.29, 1.82) is 0 Å². The second-order valence-corrected chi connectivity index (χ2v) is 5.02. The Morgan fingerprint density at radius 1 is 1.21 bits per heavy atom. The Morgan fingerprint density at radius 3 is 2.89 bits per heavy atom. The van der Waals surface area contributed by atoms with Crippen LogP contribution in [0.5, 0.6) is 0 Å². The van der Waals surface area contributed by atoms with E-state index >= 15 is 0 Å². The summed E-state index contributed by atoms with van der Waals surface area (Å²) in [6.07, 6.45) is 4.66. The van der Waals surface area contributed by atoms with E-state index in [1.165, 1.54) is 16.8 Å². The van der Waals surface area contributed by atoms with E-state index in [0.717, 1.165) is 30.9 Å². The van der Waals surface area contributed by atoms with Gasteiger partial charge in [-0.15, -0.1) is 0 Å². The molecule has 0 bridgehead atoms. The number of pyridine rings is 1. The number of aromatic nitrogens is 3. The maximum Gasteiger partial charge on any atom is 0.221 e. The number of anilines is 2. The van der Waals surface area contributed by atoms with Crippen LogP contribution >= 0.6 is 0 Å². The molecule has 1 aliphatic heterocycles. The second-order valence-electron chi connectivity index (χ2n) is 5.02. The van der Waals surface area contributed by atoms with Gasteiger partial charge < -0.3 is 10.6 Å². The summed E-state index contributed by atoms with van der Waals surface area (Å²) in [5, 5.41) is 0. The second kappa shape index (κ2) is 4.50. The summed E-state index contributed by atoms with van der Waals surface area (Å²) in [5.74, 6) is 1.26. The lowest BCUT2D eigenvalue weighted by atomic mass is 10.0. The summed E-state index contributed by atoms with van der Waals surface area (Å²) in [5.41, 5.74) is 10.4. The Kier molecular flexibility index (Phi) is 2.81. The van der Waals surface area contributed by atoms with E-state index in [1.807, 2.05) is 13.1 Å². The van der Waals surface area contributed by atoms with Crippen LogP contribution in [0.2, 0.25) is 0 Å². The monoisotopic (exact) mass is 255 g/mol. The molecule has 0 spiro atoms. The molecule has 0 saturated carbocycles. The molecule has 3 rings (SSSR count). The van der Waals surface area contributed by atoms with Crippen LogP contribution in [0.4, 0.5) is 11.8 Å². The molecule has 2 aromatic rings. The number of nitrogens with two attached hydrogens (primary N) is 1. The van der Waals surface area contributed by atoms with Gasteiger partial charge in [0.1, 0.15) is 5.82 Å². The van der Waals surface area contributed by atoms with E-state index in [2.05, 4.69) is 32.8 Å². The van der Waals surface area contributed by atoms with Crippen molar-refractivity contribution in [3.63, 3.8) is 0 Å². The van der Waals surface area contributed by atoms with Crippen molar-refractivity contribution < 1.29 is 0 Å². The molecule has 2 aromatic heterocycles. The van der Waals surface area contributed by atoms with E-state index in [1.54, 1.807) is 6.20 Å². The smallest absolute Gasteiger partial charge is 0.221 e. The Balaban J connectivity index is 1.95. The van der Waals surface area contributed by atoms with E-state index in [9.17, 15) is 0 Å². The largest absolute Gasteiger partial charge is 0.368 e. The third-order valence-electron chi connectivity index (χ3n) is 3.44. The third-order valence-corrected chi connectivity index (χ3v) is 3.44.